The third-order valence-electron chi connectivity index (χ3n) is 9.35. The minimum atomic E-state index is -0.375. The van der Waals surface area contributed by atoms with Crippen LogP contribution in [0.3, 0.4) is 0 Å². The average molecular weight is 476 g/mol. The van der Waals surface area contributed by atoms with Crippen LogP contribution >= 0.6 is 0 Å². The summed E-state index contributed by atoms with van der Waals surface area (Å²) < 4.78 is 0. The summed E-state index contributed by atoms with van der Waals surface area (Å²) in [6.45, 7) is 7.18. The van der Waals surface area contributed by atoms with E-state index >= 15 is 0 Å². The SMILES string of the molecule is CC1c2ccccc2C2(c3ccccc3)c3ccccc3N3c4ccccc4C(C)(C)c4ccc1c2c43. The van der Waals surface area contributed by atoms with E-state index in [9.17, 15) is 0 Å². The molecule has 1 nitrogen and oxygen atoms in total. The van der Waals surface area contributed by atoms with E-state index < -0.39 is 0 Å². The van der Waals surface area contributed by atoms with Gasteiger partial charge in [-0.15, -0.1) is 0 Å². The van der Waals surface area contributed by atoms with Crippen molar-refractivity contribution in [1.29, 1.82) is 0 Å². The van der Waals surface area contributed by atoms with E-state index in [1.807, 2.05) is 0 Å². The number of hydrogen-bond acceptors (Lipinski definition) is 1. The molecule has 2 heterocycles. The van der Waals surface area contributed by atoms with Crippen LogP contribution in [0.2, 0.25) is 0 Å². The molecule has 0 N–H and O–H groups in total. The van der Waals surface area contributed by atoms with Crippen molar-refractivity contribution < 1.29 is 0 Å². The predicted molar refractivity (Wildman–Crippen MR) is 153 cm³/mol. The lowest BCUT2D eigenvalue weighted by molar-refractivity contribution is 0.607. The van der Waals surface area contributed by atoms with E-state index in [2.05, 4.69) is 141 Å². The summed E-state index contributed by atoms with van der Waals surface area (Å²) in [6, 6.07) is 43.4. The van der Waals surface area contributed by atoms with Gasteiger partial charge in [0.15, 0.2) is 0 Å². The first-order chi connectivity index (χ1) is 18.1. The summed E-state index contributed by atoms with van der Waals surface area (Å²) in [5.74, 6) is 0.320. The van der Waals surface area contributed by atoms with Gasteiger partial charge >= 0.3 is 0 Å². The number of anilines is 3. The van der Waals surface area contributed by atoms with Gasteiger partial charge in [-0.25, -0.2) is 0 Å². The summed E-state index contributed by atoms with van der Waals surface area (Å²) in [5.41, 5.74) is 14.7. The largest absolute Gasteiger partial charge is 0.309 e. The van der Waals surface area contributed by atoms with Crippen molar-refractivity contribution in [3.63, 3.8) is 0 Å². The van der Waals surface area contributed by atoms with E-state index in [0.717, 1.165) is 0 Å². The van der Waals surface area contributed by atoms with Crippen LogP contribution in [0.15, 0.2) is 115 Å². The van der Waals surface area contributed by atoms with Gasteiger partial charge in [-0.05, 0) is 56.6 Å². The summed E-state index contributed by atoms with van der Waals surface area (Å²) in [6.07, 6.45) is 0. The molecule has 3 aliphatic rings. The van der Waals surface area contributed by atoms with E-state index in [0.29, 0.717) is 5.92 Å². The van der Waals surface area contributed by atoms with Gasteiger partial charge in [-0.1, -0.05) is 124 Å². The van der Waals surface area contributed by atoms with Gasteiger partial charge in [0, 0.05) is 11.3 Å². The molecule has 0 bridgehead atoms. The van der Waals surface area contributed by atoms with Crippen molar-refractivity contribution in [2.45, 2.75) is 37.5 Å². The highest BCUT2D eigenvalue weighted by atomic mass is 15.2. The smallest absolute Gasteiger partial charge is 0.0748 e. The molecule has 0 saturated carbocycles. The Bertz CT molecular complexity index is 1730. The average Bonchev–Trinajstić information content (AvgIpc) is 2.95. The molecule has 0 fully saturated rings. The van der Waals surface area contributed by atoms with Gasteiger partial charge in [0.2, 0.25) is 0 Å². The van der Waals surface area contributed by atoms with Crippen LogP contribution in [0, 0.1) is 0 Å². The summed E-state index contributed by atoms with van der Waals surface area (Å²) >= 11 is 0. The minimum absolute atomic E-state index is 0.105. The standard InChI is InChI=1S/C36H29N/c1-23-25-15-7-8-16-27(25)36(24-13-5-4-6-14-24)29-18-10-12-20-32(29)37-31-19-11-9-17-28(31)35(2,3)30-22-21-26(23)33(36)34(30)37/h4-23H,1-3H3. The van der Waals surface area contributed by atoms with Crippen molar-refractivity contribution in [3.8, 4) is 0 Å². The van der Waals surface area contributed by atoms with Crippen LogP contribution in [0.1, 0.15) is 71.2 Å². The van der Waals surface area contributed by atoms with E-state index in [1.54, 1.807) is 0 Å². The van der Waals surface area contributed by atoms with Crippen molar-refractivity contribution in [3.05, 3.63) is 160 Å². The van der Waals surface area contributed by atoms with Crippen molar-refractivity contribution >= 4 is 17.1 Å². The van der Waals surface area contributed by atoms with Crippen LogP contribution in [-0.4, -0.2) is 0 Å². The lowest BCUT2D eigenvalue weighted by Crippen LogP contribution is -2.45. The first-order valence-corrected chi connectivity index (χ1v) is 13.4. The van der Waals surface area contributed by atoms with Gasteiger partial charge in [0.1, 0.15) is 0 Å². The second-order valence-corrected chi connectivity index (χ2v) is 11.3. The number of nitrogens with zero attached hydrogens (tertiary/aromatic N) is 1. The Kier molecular flexibility index (Phi) is 3.99. The zero-order chi connectivity index (χ0) is 24.9. The Labute approximate surface area is 219 Å². The zero-order valence-corrected chi connectivity index (χ0v) is 21.5. The van der Waals surface area contributed by atoms with Gasteiger partial charge in [-0.3, -0.25) is 0 Å². The normalized spacial score (nSPS) is 21.4. The fourth-order valence-corrected chi connectivity index (χ4v) is 7.74. The van der Waals surface area contributed by atoms with Crippen LogP contribution in [-0.2, 0) is 10.8 Å². The molecule has 0 aromatic heterocycles. The maximum absolute atomic E-state index is 2.58. The molecular weight excluding hydrogens is 446 g/mol. The van der Waals surface area contributed by atoms with E-state index in [4.69, 9.17) is 0 Å². The molecule has 1 aliphatic carbocycles. The third kappa shape index (κ3) is 2.36. The molecule has 5 aromatic carbocycles. The fourth-order valence-electron chi connectivity index (χ4n) is 7.74. The maximum atomic E-state index is 2.58. The third-order valence-corrected chi connectivity index (χ3v) is 9.35. The number of hydrogen-bond donors (Lipinski definition) is 0. The second kappa shape index (κ2) is 7.01. The molecule has 0 spiro atoms. The van der Waals surface area contributed by atoms with Crippen LogP contribution in [0.5, 0.6) is 0 Å². The molecule has 0 radical (unpaired) electrons. The van der Waals surface area contributed by atoms with E-state index in [1.165, 1.54) is 61.6 Å². The second-order valence-electron chi connectivity index (χ2n) is 11.3. The molecule has 37 heavy (non-hydrogen) atoms. The summed E-state index contributed by atoms with van der Waals surface area (Å²) in [5, 5.41) is 0. The molecular formula is C36H29N. The Hall–Kier alpha value is -4.10. The number of para-hydroxylation sites is 2. The van der Waals surface area contributed by atoms with Gasteiger partial charge in [0.25, 0.3) is 0 Å². The topological polar surface area (TPSA) is 3.24 Å². The molecule has 2 aliphatic heterocycles. The van der Waals surface area contributed by atoms with Gasteiger partial charge in [-0.2, -0.15) is 0 Å². The van der Waals surface area contributed by atoms with Crippen LogP contribution < -0.4 is 4.90 Å². The number of fused-ring (bicyclic) bond motifs is 7. The Balaban J connectivity index is 1.64. The first kappa shape index (κ1) is 21.0. The zero-order valence-electron chi connectivity index (χ0n) is 21.5. The Morgan fingerprint density at radius 2 is 1.14 bits per heavy atom. The minimum Gasteiger partial charge on any atom is -0.309 e. The van der Waals surface area contributed by atoms with Crippen LogP contribution in [0.4, 0.5) is 17.1 Å². The Morgan fingerprint density at radius 1 is 0.541 bits per heavy atom. The highest BCUT2D eigenvalue weighted by Crippen LogP contribution is 2.66. The maximum Gasteiger partial charge on any atom is 0.0748 e. The molecule has 2 atom stereocenters. The summed E-state index contributed by atoms with van der Waals surface area (Å²) in [4.78, 5) is 2.58. The van der Waals surface area contributed by atoms with Gasteiger partial charge in [0.05, 0.1) is 22.5 Å². The molecule has 0 saturated heterocycles. The molecule has 2 unspecified atom stereocenters. The monoisotopic (exact) mass is 475 g/mol. The number of benzene rings is 5. The first-order valence-electron chi connectivity index (χ1n) is 13.4. The fraction of sp³-hybridized carbons (Fsp3) is 0.167. The molecule has 178 valence electrons. The highest BCUT2D eigenvalue weighted by molar-refractivity contribution is 5.96. The lowest BCUT2D eigenvalue weighted by atomic mass is 9.54. The summed E-state index contributed by atoms with van der Waals surface area (Å²) in [7, 11) is 0. The molecule has 0 amide bonds. The Morgan fingerprint density at radius 3 is 1.89 bits per heavy atom. The lowest BCUT2D eigenvalue weighted by Gasteiger charge is -2.54. The quantitative estimate of drug-likeness (QED) is 0.229. The van der Waals surface area contributed by atoms with Crippen molar-refractivity contribution in [2.75, 3.05) is 4.90 Å². The van der Waals surface area contributed by atoms with Crippen molar-refractivity contribution in [1.82, 2.24) is 0 Å². The van der Waals surface area contributed by atoms with E-state index in [-0.39, 0.29) is 10.8 Å². The molecule has 1 heteroatoms. The molecule has 5 aromatic rings. The predicted octanol–water partition coefficient (Wildman–Crippen LogP) is 8.96. The van der Waals surface area contributed by atoms with Crippen molar-refractivity contribution in [2.24, 2.45) is 0 Å². The molecule has 8 rings (SSSR count). The highest BCUT2D eigenvalue weighted by Gasteiger charge is 2.54. The van der Waals surface area contributed by atoms with Gasteiger partial charge < -0.3 is 4.90 Å². The van der Waals surface area contributed by atoms with Crippen LogP contribution in [0.25, 0.3) is 0 Å². The number of rotatable bonds is 1.